The van der Waals surface area contributed by atoms with Crippen molar-refractivity contribution in [3.05, 3.63) is 156 Å². The minimum atomic E-state index is 0.720. The van der Waals surface area contributed by atoms with Crippen molar-refractivity contribution in [3.8, 4) is 28.6 Å². The van der Waals surface area contributed by atoms with Crippen LogP contribution in [0.5, 0.6) is 11.5 Å². The molecule has 1 aliphatic rings. The second-order valence-electron chi connectivity index (χ2n) is 12.7. The van der Waals surface area contributed by atoms with Crippen LogP contribution in [-0.4, -0.2) is 16.2 Å². The van der Waals surface area contributed by atoms with Gasteiger partial charge in [0, 0.05) is 55.6 Å². The average Bonchev–Trinajstić information content (AvgIpc) is 3.84. The van der Waals surface area contributed by atoms with Crippen LogP contribution in [0.4, 0.5) is 22.7 Å². The molecule has 8 aromatic rings. The highest BCUT2D eigenvalue weighted by Gasteiger charge is 2.29. The number of nitrogens with zero attached hydrogens (tertiary/aromatic N) is 4. The van der Waals surface area contributed by atoms with Crippen molar-refractivity contribution in [2.75, 3.05) is 16.5 Å². The van der Waals surface area contributed by atoms with Crippen molar-refractivity contribution in [1.29, 1.82) is 0 Å². The molecule has 1 aliphatic heterocycles. The maximum atomic E-state index is 6.55. The largest absolute Gasteiger partial charge is 0.457 e. The molecule has 0 fully saturated rings. The number of fused-ring (bicyclic) bond motifs is 4. The molecule has 49 heavy (non-hydrogen) atoms. The van der Waals surface area contributed by atoms with Gasteiger partial charge in [0.15, 0.2) is 0 Å². The van der Waals surface area contributed by atoms with Gasteiger partial charge < -0.3 is 14.5 Å². The molecule has 0 aliphatic carbocycles. The molecule has 9 rings (SSSR count). The van der Waals surface area contributed by atoms with Crippen molar-refractivity contribution < 1.29 is 4.74 Å². The lowest BCUT2D eigenvalue weighted by Gasteiger charge is -2.25. The monoisotopic (exact) mass is 654 g/mol. The molecule has 5 nitrogen and oxygen atoms in total. The van der Waals surface area contributed by atoms with E-state index in [9.17, 15) is 0 Å². The van der Waals surface area contributed by atoms with Crippen LogP contribution in [0.2, 0.25) is 0 Å². The molecule has 6 aromatic carbocycles. The Morgan fingerprint density at radius 1 is 0.633 bits per heavy atom. The lowest BCUT2D eigenvalue weighted by atomic mass is 10.0. The van der Waals surface area contributed by atoms with Gasteiger partial charge in [-0.3, -0.25) is 4.57 Å². The van der Waals surface area contributed by atoms with Gasteiger partial charge in [-0.15, -0.1) is 11.3 Å². The molecule has 0 saturated heterocycles. The fourth-order valence-corrected chi connectivity index (χ4v) is 8.57. The van der Waals surface area contributed by atoms with E-state index in [1.807, 2.05) is 41.9 Å². The molecule has 0 amide bonds. The molecule has 3 heterocycles. The quantitative estimate of drug-likeness (QED) is 0.179. The van der Waals surface area contributed by atoms with Gasteiger partial charge in [-0.1, -0.05) is 72.3 Å². The Morgan fingerprint density at radius 2 is 1.31 bits per heavy atom. The molecule has 2 aromatic heterocycles. The lowest BCUT2D eigenvalue weighted by Crippen LogP contribution is -2.25. The van der Waals surface area contributed by atoms with Crippen LogP contribution in [-0.2, 0) is 0 Å². The number of aryl methyl sites for hydroxylation is 3. The van der Waals surface area contributed by atoms with Crippen LogP contribution in [0.15, 0.2) is 140 Å². The van der Waals surface area contributed by atoms with E-state index in [1.54, 1.807) is 0 Å². The van der Waals surface area contributed by atoms with Crippen LogP contribution in [0.25, 0.3) is 37.2 Å². The minimum absolute atomic E-state index is 0.720. The number of para-hydroxylation sites is 2. The molecule has 0 radical (unpaired) electrons. The standard InChI is InChI=1S/C43H34N4OS/c1-28-23-29(2)42(30(3)24-28)47-27-46(36-16-5-6-17-37(36)47)32-12-9-14-34(26-32)48-33-13-8-11-31(25-33)43-44-21-22-45(43)38-18-10-20-40-41(38)35-15-4-7-19-39(35)49-40/h4-26H,27H2,1-3H3. The number of thiophene rings is 1. The average molecular weight is 655 g/mol. The van der Waals surface area contributed by atoms with Crippen molar-refractivity contribution in [3.63, 3.8) is 0 Å². The van der Waals surface area contributed by atoms with E-state index in [0.717, 1.165) is 40.9 Å². The summed E-state index contributed by atoms with van der Waals surface area (Å²) in [5.74, 6) is 2.42. The summed E-state index contributed by atoms with van der Waals surface area (Å²) >= 11 is 1.83. The third-order valence-electron chi connectivity index (χ3n) is 9.39. The van der Waals surface area contributed by atoms with Gasteiger partial charge in [-0.2, -0.15) is 0 Å². The molecule has 0 N–H and O–H groups in total. The van der Waals surface area contributed by atoms with Crippen LogP contribution < -0.4 is 14.5 Å². The predicted octanol–water partition coefficient (Wildman–Crippen LogP) is 11.9. The first-order chi connectivity index (χ1) is 24.0. The Morgan fingerprint density at radius 3 is 2.14 bits per heavy atom. The zero-order chi connectivity index (χ0) is 33.1. The summed E-state index contributed by atoms with van der Waals surface area (Å²) in [4.78, 5) is 9.61. The highest BCUT2D eigenvalue weighted by atomic mass is 32.1. The van der Waals surface area contributed by atoms with Gasteiger partial charge in [0.25, 0.3) is 0 Å². The van der Waals surface area contributed by atoms with Gasteiger partial charge in [0.1, 0.15) is 24.0 Å². The van der Waals surface area contributed by atoms with Gasteiger partial charge in [0.2, 0.25) is 0 Å². The topological polar surface area (TPSA) is 33.5 Å². The summed E-state index contributed by atoms with van der Waals surface area (Å²) in [7, 11) is 0. The zero-order valence-electron chi connectivity index (χ0n) is 27.6. The number of hydrogen-bond donors (Lipinski definition) is 0. The van der Waals surface area contributed by atoms with Crippen molar-refractivity contribution in [2.45, 2.75) is 20.8 Å². The second kappa shape index (κ2) is 11.7. The second-order valence-corrected chi connectivity index (χ2v) is 13.8. The maximum Gasteiger partial charge on any atom is 0.144 e. The SMILES string of the molecule is Cc1cc(C)c(N2CN(c3cccc(Oc4cccc(-c5nccn5-c5cccc6sc7ccccc7c56)c4)c3)c3ccccc32)c(C)c1. The summed E-state index contributed by atoms with van der Waals surface area (Å²) in [6.45, 7) is 7.30. The Hall–Kier alpha value is -5.85. The van der Waals surface area contributed by atoms with Gasteiger partial charge in [-0.25, -0.2) is 4.98 Å². The first-order valence-corrected chi connectivity index (χ1v) is 17.4. The van der Waals surface area contributed by atoms with E-state index < -0.39 is 0 Å². The van der Waals surface area contributed by atoms with E-state index in [0.29, 0.717) is 0 Å². The number of rotatable bonds is 6. The fourth-order valence-electron chi connectivity index (χ4n) is 7.44. The van der Waals surface area contributed by atoms with Crippen LogP contribution >= 0.6 is 11.3 Å². The summed E-state index contributed by atoms with van der Waals surface area (Å²) in [5, 5.41) is 2.52. The molecule has 238 valence electrons. The summed E-state index contributed by atoms with van der Waals surface area (Å²) in [6.07, 6.45) is 3.92. The number of anilines is 4. The van der Waals surface area contributed by atoms with Crippen LogP contribution in [0.3, 0.4) is 0 Å². The molecule has 0 bridgehead atoms. The van der Waals surface area contributed by atoms with Crippen LogP contribution in [0.1, 0.15) is 16.7 Å². The van der Waals surface area contributed by atoms with Crippen LogP contribution in [0, 0.1) is 20.8 Å². The smallest absolute Gasteiger partial charge is 0.144 e. The van der Waals surface area contributed by atoms with Crippen molar-refractivity contribution in [2.24, 2.45) is 0 Å². The maximum absolute atomic E-state index is 6.55. The molecule has 0 atom stereocenters. The van der Waals surface area contributed by atoms with Gasteiger partial charge in [0.05, 0.1) is 17.1 Å². The third-order valence-corrected chi connectivity index (χ3v) is 10.5. The Bertz CT molecular complexity index is 2510. The summed E-state index contributed by atoms with van der Waals surface area (Å²) in [6, 6.07) is 44.9. The zero-order valence-corrected chi connectivity index (χ0v) is 28.4. The third kappa shape index (κ3) is 5.04. The van der Waals surface area contributed by atoms with E-state index in [2.05, 4.69) is 144 Å². The molecule has 0 saturated carbocycles. The molecular formula is C43H34N4OS. The van der Waals surface area contributed by atoms with Gasteiger partial charge in [-0.05, 0) is 86.5 Å². The number of benzene rings is 6. The lowest BCUT2D eigenvalue weighted by molar-refractivity contribution is 0.483. The van der Waals surface area contributed by atoms with E-state index in [-0.39, 0.29) is 0 Å². The van der Waals surface area contributed by atoms with Gasteiger partial charge >= 0.3 is 0 Å². The molecule has 0 spiro atoms. The first kappa shape index (κ1) is 29.3. The normalized spacial score (nSPS) is 12.6. The highest BCUT2D eigenvalue weighted by Crippen LogP contribution is 2.46. The minimum Gasteiger partial charge on any atom is -0.457 e. The number of aromatic nitrogens is 2. The van der Waals surface area contributed by atoms with Crippen molar-refractivity contribution >= 4 is 54.3 Å². The summed E-state index contributed by atoms with van der Waals surface area (Å²) in [5.41, 5.74) is 10.7. The predicted molar refractivity (Wildman–Crippen MR) is 205 cm³/mol. The number of ether oxygens (including phenoxy) is 1. The number of imidazole rings is 1. The van der Waals surface area contributed by atoms with E-state index in [1.165, 1.54) is 53.9 Å². The van der Waals surface area contributed by atoms with E-state index >= 15 is 0 Å². The van der Waals surface area contributed by atoms with Crippen molar-refractivity contribution in [1.82, 2.24) is 9.55 Å². The molecule has 6 heteroatoms. The molecule has 0 unspecified atom stereocenters. The molecular weight excluding hydrogens is 621 g/mol. The number of hydrogen-bond acceptors (Lipinski definition) is 5. The Balaban J connectivity index is 1.03. The van der Waals surface area contributed by atoms with E-state index in [4.69, 9.17) is 9.72 Å². The highest BCUT2D eigenvalue weighted by molar-refractivity contribution is 7.25. The first-order valence-electron chi connectivity index (χ1n) is 16.6. The fraction of sp³-hybridized carbons (Fsp3) is 0.0930. The Labute approximate surface area is 289 Å². The Kier molecular flexibility index (Phi) is 6.99. The summed E-state index contributed by atoms with van der Waals surface area (Å²) < 4.78 is 11.3.